The van der Waals surface area contributed by atoms with Crippen molar-refractivity contribution >= 4 is 20.0 Å². The van der Waals surface area contributed by atoms with Crippen molar-refractivity contribution in [1.29, 1.82) is 0 Å². The first-order valence-corrected chi connectivity index (χ1v) is 11.9. The predicted molar refractivity (Wildman–Crippen MR) is 107 cm³/mol. The van der Waals surface area contributed by atoms with Crippen LogP contribution in [-0.2, 0) is 26.5 Å². The van der Waals surface area contributed by atoms with Gasteiger partial charge in [0.15, 0.2) is 0 Å². The van der Waals surface area contributed by atoms with E-state index in [0.717, 1.165) is 12.0 Å². The zero-order chi connectivity index (χ0) is 19.9. The molecule has 2 rings (SSSR count). The summed E-state index contributed by atoms with van der Waals surface area (Å²) in [5.41, 5.74) is 1.16. The maximum atomic E-state index is 12.5. The number of sulfonamides is 2. The molecule has 0 aliphatic rings. The predicted octanol–water partition coefficient (Wildman–Crippen LogP) is 2.63. The zero-order valence-corrected chi connectivity index (χ0v) is 17.3. The highest BCUT2D eigenvalue weighted by atomic mass is 32.2. The third-order valence-electron chi connectivity index (χ3n) is 4.25. The molecule has 0 bridgehead atoms. The number of benzene rings is 2. The normalized spacial score (nSPS) is 12.4. The summed E-state index contributed by atoms with van der Waals surface area (Å²) in [6, 6.07) is 15.2. The molecule has 0 saturated carbocycles. The summed E-state index contributed by atoms with van der Waals surface area (Å²) in [5.74, 6) is 0. The molecule has 6 nitrogen and oxygen atoms in total. The van der Waals surface area contributed by atoms with Crippen LogP contribution in [0, 0.1) is 0 Å². The van der Waals surface area contributed by atoms with Crippen LogP contribution < -0.4 is 4.72 Å². The lowest BCUT2D eigenvalue weighted by Crippen LogP contribution is -2.30. The highest BCUT2D eigenvalue weighted by molar-refractivity contribution is 7.89. The van der Waals surface area contributed by atoms with Gasteiger partial charge in [0, 0.05) is 19.6 Å². The molecule has 0 unspecified atom stereocenters. The zero-order valence-electron chi connectivity index (χ0n) is 15.6. The van der Waals surface area contributed by atoms with E-state index in [1.54, 1.807) is 13.8 Å². The minimum atomic E-state index is -3.67. The maximum Gasteiger partial charge on any atom is 0.243 e. The van der Waals surface area contributed by atoms with E-state index in [1.165, 1.54) is 28.6 Å². The van der Waals surface area contributed by atoms with E-state index in [2.05, 4.69) is 4.72 Å². The fourth-order valence-electron chi connectivity index (χ4n) is 2.73. The first-order chi connectivity index (χ1) is 12.8. The lowest BCUT2D eigenvalue weighted by atomic mass is 10.1. The Hall–Kier alpha value is -1.74. The quantitative estimate of drug-likeness (QED) is 0.610. The largest absolute Gasteiger partial charge is 0.243 e. The van der Waals surface area contributed by atoms with Gasteiger partial charge in [0.2, 0.25) is 20.0 Å². The molecule has 0 aromatic heterocycles. The van der Waals surface area contributed by atoms with Crippen LogP contribution in [-0.4, -0.2) is 40.8 Å². The standard InChI is InChI=1S/C19H26N2O4S2/c1-3-21(4-2)27(24,25)19-14-12-18(13-15-19)26(22,23)20-16-8-11-17-9-6-5-7-10-17/h5-7,9-10,12-15,20H,3-4,8,11,16H2,1-2H3. The Balaban J connectivity index is 2.00. The van der Waals surface area contributed by atoms with Gasteiger partial charge in [0.1, 0.15) is 0 Å². The molecule has 0 spiro atoms. The first kappa shape index (κ1) is 21.6. The summed E-state index contributed by atoms with van der Waals surface area (Å²) >= 11 is 0. The van der Waals surface area contributed by atoms with Crippen molar-refractivity contribution < 1.29 is 16.8 Å². The number of nitrogens with zero attached hydrogens (tertiary/aromatic N) is 1. The third-order valence-corrected chi connectivity index (χ3v) is 7.80. The molecular formula is C19H26N2O4S2. The van der Waals surface area contributed by atoms with Crippen molar-refractivity contribution in [3.8, 4) is 0 Å². The molecule has 0 aliphatic carbocycles. The molecule has 0 fully saturated rings. The Kier molecular flexibility index (Phi) is 7.55. The van der Waals surface area contributed by atoms with Gasteiger partial charge < -0.3 is 0 Å². The van der Waals surface area contributed by atoms with Crippen LogP contribution in [0.25, 0.3) is 0 Å². The monoisotopic (exact) mass is 410 g/mol. The Bertz CT molecular complexity index is 921. The second-order valence-electron chi connectivity index (χ2n) is 6.05. The average Bonchev–Trinajstić information content (AvgIpc) is 2.67. The van der Waals surface area contributed by atoms with Crippen LogP contribution in [0.15, 0.2) is 64.4 Å². The Labute approximate surface area is 162 Å². The molecule has 148 valence electrons. The molecule has 0 radical (unpaired) electrons. The fraction of sp³-hybridized carbons (Fsp3) is 0.368. The van der Waals surface area contributed by atoms with Gasteiger partial charge in [-0.1, -0.05) is 44.2 Å². The Morgan fingerprint density at radius 3 is 1.93 bits per heavy atom. The maximum absolute atomic E-state index is 12.5. The SMILES string of the molecule is CCN(CC)S(=O)(=O)c1ccc(S(=O)(=O)NCCCc2ccccc2)cc1. The van der Waals surface area contributed by atoms with E-state index in [-0.39, 0.29) is 9.79 Å². The highest BCUT2D eigenvalue weighted by Crippen LogP contribution is 2.18. The molecule has 8 heteroatoms. The second-order valence-corrected chi connectivity index (χ2v) is 9.75. The van der Waals surface area contributed by atoms with Gasteiger partial charge in [-0.2, -0.15) is 4.31 Å². The van der Waals surface area contributed by atoms with Crippen LogP contribution >= 0.6 is 0 Å². The number of hydrogen-bond acceptors (Lipinski definition) is 4. The van der Waals surface area contributed by atoms with Crippen molar-refractivity contribution in [2.45, 2.75) is 36.5 Å². The Morgan fingerprint density at radius 1 is 0.815 bits per heavy atom. The van der Waals surface area contributed by atoms with Crippen molar-refractivity contribution in [2.24, 2.45) is 0 Å². The van der Waals surface area contributed by atoms with Gasteiger partial charge in [-0.05, 0) is 42.7 Å². The topological polar surface area (TPSA) is 83.6 Å². The molecule has 0 aliphatic heterocycles. The fourth-order valence-corrected chi connectivity index (χ4v) is 5.26. The van der Waals surface area contributed by atoms with E-state index >= 15 is 0 Å². The van der Waals surface area contributed by atoms with Crippen molar-refractivity contribution in [3.63, 3.8) is 0 Å². The summed E-state index contributed by atoms with van der Waals surface area (Å²) < 4.78 is 53.6. The molecule has 0 amide bonds. The van der Waals surface area contributed by atoms with E-state index in [9.17, 15) is 16.8 Å². The second kappa shape index (κ2) is 9.45. The van der Waals surface area contributed by atoms with Gasteiger partial charge in [-0.15, -0.1) is 0 Å². The molecule has 0 heterocycles. The number of hydrogen-bond donors (Lipinski definition) is 1. The van der Waals surface area contributed by atoms with E-state index in [4.69, 9.17) is 0 Å². The summed E-state index contributed by atoms with van der Waals surface area (Å²) in [5, 5.41) is 0. The molecule has 27 heavy (non-hydrogen) atoms. The molecule has 0 atom stereocenters. The summed E-state index contributed by atoms with van der Waals surface area (Å²) in [6.45, 7) is 4.57. The molecule has 2 aromatic rings. The average molecular weight is 411 g/mol. The lowest BCUT2D eigenvalue weighted by molar-refractivity contribution is 0.445. The van der Waals surface area contributed by atoms with Crippen LogP contribution in [0.1, 0.15) is 25.8 Å². The molecule has 2 aromatic carbocycles. The summed E-state index contributed by atoms with van der Waals surface area (Å²) in [4.78, 5) is 0.148. The minimum Gasteiger partial charge on any atom is -0.211 e. The smallest absolute Gasteiger partial charge is 0.211 e. The lowest BCUT2D eigenvalue weighted by Gasteiger charge is -2.18. The summed E-state index contributed by atoms with van der Waals surface area (Å²) in [6.07, 6.45) is 1.46. The van der Waals surface area contributed by atoms with E-state index < -0.39 is 20.0 Å². The molecular weight excluding hydrogens is 384 g/mol. The van der Waals surface area contributed by atoms with E-state index in [0.29, 0.717) is 26.1 Å². The summed E-state index contributed by atoms with van der Waals surface area (Å²) in [7, 11) is -7.26. The number of rotatable bonds is 10. The molecule has 1 N–H and O–H groups in total. The van der Waals surface area contributed by atoms with Gasteiger partial charge in [0.05, 0.1) is 9.79 Å². The minimum absolute atomic E-state index is 0.0562. The number of aryl methyl sites for hydroxylation is 1. The van der Waals surface area contributed by atoms with Crippen LogP contribution in [0.4, 0.5) is 0 Å². The Morgan fingerprint density at radius 2 is 1.37 bits per heavy atom. The van der Waals surface area contributed by atoms with Crippen LogP contribution in [0.5, 0.6) is 0 Å². The van der Waals surface area contributed by atoms with Gasteiger partial charge in [-0.25, -0.2) is 21.6 Å². The van der Waals surface area contributed by atoms with Crippen LogP contribution in [0.2, 0.25) is 0 Å². The van der Waals surface area contributed by atoms with Gasteiger partial charge in [-0.3, -0.25) is 0 Å². The number of nitrogens with one attached hydrogen (secondary N) is 1. The van der Waals surface area contributed by atoms with Gasteiger partial charge in [0.25, 0.3) is 0 Å². The van der Waals surface area contributed by atoms with Crippen molar-refractivity contribution in [3.05, 3.63) is 60.2 Å². The van der Waals surface area contributed by atoms with Crippen molar-refractivity contribution in [2.75, 3.05) is 19.6 Å². The van der Waals surface area contributed by atoms with E-state index in [1.807, 2.05) is 30.3 Å². The van der Waals surface area contributed by atoms with Gasteiger partial charge >= 0.3 is 0 Å². The third kappa shape index (κ3) is 5.62. The first-order valence-electron chi connectivity index (χ1n) is 8.95. The molecule has 0 saturated heterocycles. The highest BCUT2D eigenvalue weighted by Gasteiger charge is 2.22. The van der Waals surface area contributed by atoms with Crippen molar-refractivity contribution in [1.82, 2.24) is 9.03 Å². The van der Waals surface area contributed by atoms with Crippen LogP contribution in [0.3, 0.4) is 0 Å².